The lowest BCUT2D eigenvalue weighted by atomic mass is 10.5. The second kappa shape index (κ2) is 4.96. The summed E-state index contributed by atoms with van der Waals surface area (Å²) in [4.78, 5) is 5.58. The average Bonchev–Trinajstić information content (AvgIpc) is 2.95. The van der Waals surface area contributed by atoms with Crippen molar-refractivity contribution in [3.8, 4) is 0 Å². The van der Waals surface area contributed by atoms with Crippen molar-refractivity contribution >= 4 is 33.2 Å². The van der Waals surface area contributed by atoms with Crippen LogP contribution in [-0.2, 0) is 6.54 Å². The van der Waals surface area contributed by atoms with Crippen molar-refractivity contribution in [3.05, 3.63) is 20.8 Å². The van der Waals surface area contributed by atoms with Crippen LogP contribution in [0.15, 0.2) is 20.9 Å². The van der Waals surface area contributed by atoms with Crippen LogP contribution in [0.2, 0.25) is 0 Å². The van der Waals surface area contributed by atoms with E-state index in [0.717, 1.165) is 4.47 Å². The zero-order chi connectivity index (χ0) is 10.7. The third-order valence-corrected chi connectivity index (χ3v) is 3.75. The number of rotatable bonds is 3. The van der Waals surface area contributed by atoms with E-state index in [9.17, 15) is 0 Å². The molecule has 0 amide bonds. The van der Waals surface area contributed by atoms with E-state index < -0.39 is 0 Å². The van der Waals surface area contributed by atoms with E-state index in [1.54, 1.807) is 11.3 Å². The molecule has 1 aromatic heterocycles. The van der Waals surface area contributed by atoms with Crippen LogP contribution < -0.4 is 16.6 Å². The molecule has 82 valence electrons. The summed E-state index contributed by atoms with van der Waals surface area (Å²) in [5, 5.41) is 5.27. The molecule has 0 atom stereocenters. The summed E-state index contributed by atoms with van der Waals surface area (Å²) < 4.78 is 1.11. The summed E-state index contributed by atoms with van der Waals surface area (Å²) >= 11 is 5.10. The quantitative estimate of drug-likeness (QED) is 0.343. The van der Waals surface area contributed by atoms with Crippen LogP contribution in [-0.4, -0.2) is 12.0 Å². The van der Waals surface area contributed by atoms with Gasteiger partial charge in [0.1, 0.15) is 0 Å². The highest BCUT2D eigenvalue weighted by atomic mass is 79.9. The van der Waals surface area contributed by atoms with E-state index in [1.807, 2.05) is 0 Å². The van der Waals surface area contributed by atoms with Crippen LogP contribution in [0.3, 0.4) is 0 Å². The van der Waals surface area contributed by atoms with Crippen LogP contribution >= 0.6 is 27.3 Å². The number of hydrogen-bond acceptors (Lipinski definition) is 3. The predicted molar refractivity (Wildman–Crippen MR) is 66.6 cm³/mol. The van der Waals surface area contributed by atoms with Crippen molar-refractivity contribution in [3.63, 3.8) is 0 Å². The SMILES string of the molecule is NNC(=NCc1cc(Br)cs1)NC1CC1. The number of aliphatic imine (C=N–C) groups is 1. The van der Waals surface area contributed by atoms with Gasteiger partial charge >= 0.3 is 0 Å². The van der Waals surface area contributed by atoms with E-state index >= 15 is 0 Å². The van der Waals surface area contributed by atoms with Crippen molar-refractivity contribution in [2.24, 2.45) is 10.8 Å². The van der Waals surface area contributed by atoms with Gasteiger partial charge in [0.25, 0.3) is 0 Å². The van der Waals surface area contributed by atoms with Crippen molar-refractivity contribution in [1.82, 2.24) is 10.7 Å². The Bertz CT molecular complexity index is 359. The Morgan fingerprint density at radius 2 is 2.47 bits per heavy atom. The lowest BCUT2D eigenvalue weighted by Crippen LogP contribution is -2.42. The number of nitrogens with one attached hydrogen (secondary N) is 2. The molecule has 1 heterocycles. The minimum absolute atomic E-state index is 0.565. The summed E-state index contributed by atoms with van der Waals surface area (Å²) in [5.74, 6) is 6.05. The Kier molecular flexibility index (Phi) is 3.61. The lowest BCUT2D eigenvalue weighted by Gasteiger charge is -2.06. The third-order valence-electron chi connectivity index (χ3n) is 2.07. The van der Waals surface area contributed by atoms with Crippen molar-refractivity contribution < 1.29 is 0 Å². The normalized spacial score (nSPS) is 16.5. The Morgan fingerprint density at radius 1 is 1.67 bits per heavy atom. The summed E-state index contributed by atoms with van der Waals surface area (Å²) in [6.07, 6.45) is 2.43. The average molecular weight is 289 g/mol. The minimum atomic E-state index is 0.565. The van der Waals surface area contributed by atoms with Gasteiger partial charge in [-0.25, -0.2) is 10.8 Å². The first kappa shape index (κ1) is 10.9. The molecule has 15 heavy (non-hydrogen) atoms. The topological polar surface area (TPSA) is 62.4 Å². The Hall–Kier alpha value is -0.590. The maximum Gasteiger partial charge on any atom is 0.206 e. The fourth-order valence-corrected chi connectivity index (χ4v) is 2.52. The molecule has 1 saturated carbocycles. The molecule has 1 aromatic rings. The smallest absolute Gasteiger partial charge is 0.206 e. The van der Waals surface area contributed by atoms with Gasteiger partial charge in [-0.15, -0.1) is 11.3 Å². The van der Waals surface area contributed by atoms with E-state index in [2.05, 4.69) is 43.1 Å². The maximum atomic E-state index is 5.37. The standard InChI is InChI=1S/C9H13BrN4S/c10-6-3-8(15-5-6)4-12-9(14-11)13-7-1-2-7/h3,5,7H,1-2,4,11H2,(H2,12,13,14). The van der Waals surface area contributed by atoms with Gasteiger partial charge < -0.3 is 5.32 Å². The van der Waals surface area contributed by atoms with Gasteiger partial charge in [0.2, 0.25) is 5.96 Å². The van der Waals surface area contributed by atoms with Gasteiger partial charge in [0.05, 0.1) is 6.54 Å². The van der Waals surface area contributed by atoms with Gasteiger partial charge in [0.15, 0.2) is 0 Å². The number of thiophene rings is 1. The van der Waals surface area contributed by atoms with Gasteiger partial charge in [-0.05, 0) is 34.8 Å². The number of nitrogens with two attached hydrogens (primary N) is 1. The molecule has 0 radical (unpaired) electrons. The van der Waals surface area contributed by atoms with Crippen LogP contribution in [0.25, 0.3) is 0 Å². The largest absolute Gasteiger partial charge is 0.353 e. The second-order valence-electron chi connectivity index (χ2n) is 3.46. The van der Waals surface area contributed by atoms with Crippen molar-refractivity contribution in [2.45, 2.75) is 25.4 Å². The molecule has 0 saturated heterocycles. The van der Waals surface area contributed by atoms with Crippen LogP contribution in [0.4, 0.5) is 0 Å². The van der Waals surface area contributed by atoms with Gasteiger partial charge in [0, 0.05) is 20.8 Å². The Morgan fingerprint density at radius 3 is 3.00 bits per heavy atom. The van der Waals surface area contributed by atoms with Gasteiger partial charge in [-0.1, -0.05) is 0 Å². The lowest BCUT2D eigenvalue weighted by molar-refractivity contribution is 0.822. The molecule has 4 N–H and O–H groups in total. The highest BCUT2D eigenvalue weighted by molar-refractivity contribution is 9.10. The molecule has 1 aliphatic carbocycles. The molecule has 0 aliphatic heterocycles. The molecule has 0 spiro atoms. The number of hydrogen-bond donors (Lipinski definition) is 3. The molecule has 1 fully saturated rings. The summed E-state index contributed by atoms with van der Waals surface area (Å²) in [5.41, 5.74) is 2.58. The highest BCUT2D eigenvalue weighted by Gasteiger charge is 2.21. The van der Waals surface area contributed by atoms with Crippen LogP contribution in [0.5, 0.6) is 0 Å². The van der Waals surface area contributed by atoms with Crippen LogP contribution in [0, 0.1) is 0 Å². The third kappa shape index (κ3) is 3.48. The highest BCUT2D eigenvalue weighted by Crippen LogP contribution is 2.21. The molecular formula is C9H13BrN4S. The molecule has 4 nitrogen and oxygen atoms in total. The van der Waals surface area contributed by atoms with Gasteiger partial charge in [-0.2, -0.15) is 0 Å². The molecule has 2 rings (SSSR count). The molecular weight excluding hydrogens is 276 g/mol. The number of guanidine groups is 1. The van der Waals surface area contributed by atoms with E-state index in [4.69, 9.17) is 5.84 Å². The molecule has 0 aromatic carbocycles. The zero-order valence-electron chi connectivity index (χ0n) is 8.16. The van der Waals surface area contributed by atoms with Crippen molar-refractivity contribution in [2.75, 3.05) is 0 Å². The van der Waals surface area contributed by atoms with Gasteiger partial charge in [-0.3, -0.25) is 5.43 Å². The molecule has 6 heteroatoms. The van der Waals surface area contributed by atoms with E-state index in [1.165, 1.54) is 17.7 Å². The molecule has 1 aliphatic rings. The predicted octanol–water partition coefficient (Wildman–Crippen LogP) is 1.58. The summed E-state index contributed by atoms with van der Waals surface area (Å²) in [7, 11) is 0. The van der Waals surface area contributed by atoms with Crippen LogP contribution in [0.1, 0.15) is 17.7 Å². The van der Waals surface area contributed by atoms with Crippen molar-refractivity contribution in [1.29, 1.82) is 0 Å². The summed E-state index contributed by atoms with van der Waals surface area (Å²) in [6, 6.07) is 2.63. The fraction of sp³-hybridized carbons (Fsp3) is 0.444. The fourth-order valence-electron chi connectivity index (χ4n) is 1.15. The summed E-state index contributed by atoms with van der Waals surface area (Å²) in [6.45, 7) is 0.662. The first-order valence-electron chi connectivity index (χ1n) is 4.78. The first-order valence-corrected chi connectivity index (χ1v) is 6.45. The molecule has 0 bridgehead atoms. The number of halogens is 1. The minimum Gasteiger partial charge on any atom is -0.353 e. The monoisotopic (exact) mass is 288 g/mol. The first-order chi connectivity index (χ1) is 7.28. The zero-order valence-corrected chi connectivity index (χ0v) is 10.6. The number of hydrazine groups is 1. The number of nitrogens with zero attached hydrogens (tertiary/aromatic N) is 1. The maximum absolute atomic E-state index is 5.37. The van der Waals surface area contributed by atoms with E-state index in [0.29, 0.717) is 18.5 Å². The Labute approximate surface area is 101 Å². The second-order valence-corrected chi connectivity index (χ2v) is 5.37. The molecule has 0 unspecified atom stereocenters. The van der Waals surface area contributed by atoms with E-state index in [-0.39, 0.29) is 0 Å². The Balaban J connectivity index is 1.89.